The van der Waals surface area contributed by atoms with E-state index in [-0.39, 0.29) is 5.91 Å². The van der Waals surface area contributed by atoms with Crippen LogP contribution in [-0.2, 0) is 10.2 Å². The second-order valence-electron chi connectivity index (χ2n) is 6.61. The minimum absolute atomic E-state index is 0.165. The van der Waals surface area contributed by atoms with Crippen LogP contribution in [0.5, 0.6) is 11.5 Å². The van der Waals surface area contributed by atoms with Gasteiger partial charge < -0.3 is 19.5 Å². The first kappa shape index (κ1) is 18.8. The van der Waals surface area contributed by atoms with E-state index in [0.29, 0.717) is 43.0 Å². The average Bonchev–Trinajstić information content (AvgIpc) is 2.73. The molecule has 0 spiro atoms. The summed E-state index contributed by atoms with van der Waals surface area (Å²) in [5.74, 6) is 0.0397. The van der Waals surface area contributed by atoms with Crippen molar-refractivity contribution < 1.29 is 24.2 Å². The van der Waals surface area contributed by atoms with Crippen molar-refractivity contribution in [1.29, 1.82) is 0 Å². The van der Waals surface area contributed by atoms with Gasteiger partial charge in [-0.15, -0.1) is 0 Å². The van der Waals surface area contributed by atoms with E-state index in [1.165, 1.54) is 7.11 Å². The first-order chi connectivity index (χ1) is 13.0. The number of carbonyl (C=O) groups excluding carboxylic acids is 1. The van der Waals surface area contributed by atoms with Gasteiger partial charge in [0.2, 0.25) is 0 Å². The standard InChI is InChI=1S/C21H23NO5/c1-26-16-8-9-17(18(14-16)27-2)19(23)22-12-10-21(11-13-22,20(24)25)15-6-4-3-5-7-15/h3-9,14H,10-13H2,1-2H3,(H,24,25). The molecule has 27 heavy (non-hydrogen) atoms. The van der Waals surface area contributed by atoms with E-state index in [9.17, 15) is 14.7 Å². The Morgan fingerprint density at radius 1 is 1.00 bits per heavy atom. The lowest BCUT2D eigenvalue weighted by Crippen LogP contribution is -2.49. The summed E-state index contributed by atoms with van der Waals surface area (Å²) in [5.41, 5.74) is 0.273. The van der Waals surface area contributed by atoms with Gasteiger partial charge in [0.25, 0.3) is 5.91 Å². The number of piperidine rings is 1. The Labute approximate surface area is 158 Å². The summed E-state index contributed by atoms with van der Waals surface area (Å²) in [6.45, 7) is 0.740. The molecule has 1 aliphatic heterocycles. The summed E-state index contributed by atoms with van der Waals surface area (Å²) in [4.78, 5) is 26.7. The number of likely N-dealkylation sites (tertiary alicyclic amines) is 1. The number of carboxylic acids is 1. The summed E-state index contributed by atoms with van der Waals surface area (Å²) in [5, 5.41) is 9.89. The molecule has 1 amide bonds. The lowest BCUT2D eigenvalue weighted by atomic mass is 9.72. The normalized spacial score (nSPS) is 15.9. The van der Waals surface area contributed by atoms with E-state index >= 15 is 0 Å². The van der Waals surface area contributed by atoms with Crippen LogP contribution in [0.1, 0.15) is 28.8 Å². The molecule has 0 aliphatic carbocycles. The maximum Gasteiger partial charge on any atom is 0.314 e. The summed E-state index contributed by atoms with van der Waals surface area (Å²) < 4.78 is 10.5. The topological polar surface area (TPSA) is 76.1 Å². The van der Waals surface area contributed by atoms with E-state index in [4.69, 9.17) is 9.47 Å². The smallest absolute Gasteiger partial charge is 0.314 e. The van der Waals surface area contributed by atoms with E-state index < -0.39 is 11.4 Å². The maximum absolute atomic E-state index is 13.0. The van der Waals surface area contributed by atoms with Crippen LogP contribution in [0.15, 0.2) is 48.5 Å². The molecule has 1 fully saturated rings. The van der Waals surface area contributed by atoms with Gasteiger partial charge in [0.15, 0.2) is 0 Å². The van der Waals surface area contributed by atoms with E-state index in [1.807, 2.05) is 30.3 Å². The van der Waals surface area contributed by atoms with Crippen molar-refractivity contribution >= 4 is 11.9 Å². The molecule has 6 heteroatoms. The van der Waals surface area contributed by atoms with Crippen LogP contribution in [0.25, 0.3) is 0 Å². The molecule has 0 bridgehead atoms. The lowest BCUT2D eigenvalue weighted by molar-refractivity contribution is -0.145. The third-order valence-electron chi connectivity index (χ3n) is 5.28. The molecule has 1 saturated heterocycles. The minimum atomic E-state index is -0.956. The van der Waals surface area contributed by atoms with Crippen LogP contribution in [0.2, 0.25) is 0 Å². The molecule has 2 aromatic carbocycles. The van der Waals surface area contributed by atoms with Crippen molar-refractivity contribution in [2.45, 2.75) is 18.3 Å². The average molecular weight is 369 g/mol. The quantitative estimate of drug-likeness (QED) is 0.877. The third kappa shape index (κ3) is 3.47. The number of hydrogen-bond acceptors (Lipinski definition) is 4. The number of carboxylic acid groups (broad SMARTS) is 1. The van der Waals surface area contributed by atoms with Crippen molar-refractivity contribution in [1.82, 2.24) is 4.90 Å². The molecule has 0 atom stereocenters. The van der Waals surface area contributed by atoms with Gasteiger partial charge in [-0.25, -0.2) is 0 Å². The van der Waals surface area contributed by atoms with Crippen LogP contribution in [-0.4, -0.2) is 49.2 Å². The summed E-state index contributed by atoms with van der Waals surface area (Å²) in [6, 6.07) is 14.3. The minimum Gasteiger partial charge on any atom is -0.497 e. The van der Waals surface area contributed by atoms with Crippen LogP contribution in [0.4, 0.5) is 0 Å². The number of carbonyl (C=O) groups is 2. The molecule has 2 aromatic rings. The molecular weight excluding hydrogens is 346 g/mol. The number of hydrogen-bond donors (Lipinski definition) is 1. The van der Waals surface area contributed by atoms with Crippen LogP contribution >= 0.6 is 0 Å². The van der Waals surface area contributed by atoms with E-state index in [1.54, 1.807) is 30.2 Å². The van der Waals surface area contributed by atoms with Gasteiger partial charge in [-0.05, 0) is 30.5 Å². The van der Waals surface area contributed by atoms with Gasteiger partial charge in [-0.3, -0.25) is 9.59 Å². The zero-order valence-corrected chi connectivity index (χ0v) is 15.5. The van der Waals surface area contributed by atoms with E-state index in [2.05, 4.69) is 0 Å². The van der Waals surface area contributed by atoms with Crippen LogP contribution in [0.3, 0.4) is 0 Å². The van der Waals surface area contributed by atoms with Crippen molar-refractivity contribution in [3.05, 3.63) is 59.7 Å². The van der Waals surface area contributed by atoms with Crippen LogP contribution < -0.4 is 9.47 Å². The largest absolute Gasteiger partial charge is 0.497 e. The summed E-state index contributed by atoms with van der Waals surface area (Å²) >= 11 is 0. The van der Waals surface area contributed by atoms with Gasteiger partial charge in [-0.2, -0.15) is 0 Å². The monoisotopic (exact) mass is 369 g/mol. The Balaban J connectivity index is 1.81. The highest BCUT2D eigenvalue weighted by Gasteiger charge is 2.44. The second-order valence-corrected chi connectivity index (χ2v) is 6.61. The number of benzene rings is 2. The van der Waals surface area contributed by atoms with Gasteiger partial charge in [0.05, 0.1) is 25.2 Å². The highest BCUT2D eigenvalue weighted by molar-refractivity contribution is 5.97. The molecule has 1 N–H and O–H groups in total. The molecule has 6 nitrogen and oxygen atoms in total. The number of nitrogens with zero attached hydrogens (tertiary/aromatic N) is 1. The lowest BCUT2D eigenvalue weighted by Gasteiger charge is -2.39. The Morgan fingerprint density at radius 3 is 2.22 bits per heavy atom. The maximum atomic E-state index is 13.0. The fraction of sp³-hybridized carbons (Fsp3) is 0.333. The SMILES string of the molecule is COc1ccc(C(=O)N2CCC(C(=O)O)(c3ccccc3)CC2)c(OC)c1. The molecule has 0 saturated carbocycles. The predicted molar refractivity (Wildman–Crippen MR) is 100 cm³/mol. The summed E-state index contributed by atoms with van der Waals surface area (Å²) in [6.07, 6.45) is 0.743. The van der Waals surface area contributed by atoms with Gasteiger partial charge >= 0.3 is 5.97 Å². The van der Waals surface area contributed by atoms with Crippen molar-refractivity contribution in [2.24, 2.45) is 0 Å². The fourth-order valence-electron chi connectivity index (χ4n) is 3.62. The third-order valence-corrected chi connectivity index (χ3v) is 5.28. The van der Waals surface area contributed by atoms with Crippen LogP contribution in [0, 0.1) is 0 Å². The highest BCUT2D eigenvalue weighted by Crippen LogP contribution is 2.37. The van der Waals surface area contributed by atoms with E-state index in [0.717, 1.165) is 5.56 Å². The zero-order valence-electron chi connectivity index (χ0n) is 15.5. The van der Waals surface area contributed by atoms with Gasteiger partial charge in [0, 0.05) is 19.2 Å². The number of amides is 1. The molecule has 3 rings (SSSR count). The first-order valence-electron chi connectivity index (χ1n) is 8.82. The molecule has 142 valence electrons. The van der Waals surface area contributed by atoms with Crippen molar-refractivity contribution in [3.8, 4) is 11.5 Å². The fourth-order valence-corrected chi connectivity index (χ4v) is 3.62. The Hall–Kier alpha value is -3.02. The zero-order chi connectivity index (χ0) is 19.4. The molecule has 0 aromatic heterocycles. The number of methoxy groups -OCH3 is 2. The Bertz CT molecular complexity index is 826. The molecule has 0 unspecified atom stereocenters. The summed E-state index contributed by atoms with van der Waals surface area (Å²) in [7, 11) is 3.06. The Morgan fingerprint density at radius 2 is 1.67 bits per heavy atom. The molecule has 1 heterocycles. The molecule has 1 aliphatic rings. The van der Waals surface area contributed by atoms with Crippen molar-refractivity contribution in [3.63, 3.8) is 0 Å². The number of ether oxygens (including phenoxy) is 2. The van der Waals surface area contributed by atoms with Crippen molar-refractivity contribution in [2.75, 3.05) is 27.3 Å². The molecule has 0 radical (unpaired) electrons. The number of rotatable bonds is 5. The van der Waals surface area contributed by atoms with Gasteiger partial charge in [0.1, 0.15) is 11.5 Å². The molecular formula is C21H23NO5. The first-order valence-corrected chi connectivity index (χ1v) is 8.82. The van der Waals surface area contributed by atoms with Gasteiger partial charge in [-0.1, -0.05) is 30.3 Å². The second kappa shape index (κ2) is 7.70. The number of aliphatic carboxylic acids is 1. The predicted octanol–water partition coefficient (Wildman–Crippen LogP) is 2.96. The Kier molecular flexibility index (Phi) is 5.35. The highest BCUT2D eigenvalue weighted by atomic mass is 16.5.